The van der Waals surface area contributed by atoms with E-state index < -0.39 is 17.6 Å². The highest BCUT2D eigenvalue weighted by Crippen LogP contribution is 2.17. The highest BCUT2D eigenvalue weighted by atomic mass is 19.1. The van der Waals surface area contributed by atoms with Crippen LogP contribution in [0.5, 0.6) is 5.75 Å². The van der Waals surface area contributed by atoms with Gasteiger partial charge >= 0.3 is 0 Å². The Labute approximate surface area is 160 Å². The summed E-state index contributed by atoms with van der Waals surface area (Å²) in [6.45, 7) is 0. The van der Waals surface area contributed by atoms with Crippen LogP contribution in [-0.2, 0) is 0 Å². The molecule has 0 radical (unpaired) electrons. The summed E-state index contributed by atoms with van der Waals surface area (Å²) in [6.07, 6.45) is 1.37. The second-order valence-corrected chi connectivity index (χ2v) is 5.77. The van der Waals surface area contributed by atoms with Crippen molar-refractivity contribution >= 4 is 23.7 Å². The number of anilines is 1. The fourth-order valence-corrected chi connectivity index (χ4v) is 2.46. The van der Waals surface area contributed by atoms with Gasteiger partial charge in [0.25, 0.3) is 11.8 Å². The average molecular weight is 377 g/mol. The van der Waals surface area contributed by atoms with Crippen molar-refractivity contribution in [1.82, 2.24) is 5.43 Å². The van der Waals surface area contributed by atoms with E-state index in [0.29, 0.717) is 5.56 Å². The predicted octanol–water partition coefficient (Wildman–Crippen LogP) is 3.55. The van der Waals surface area contributed by atoms with Gasteiger partial charge in [-0.25, -0.2) is 9.82 Å². The van der Waals surface area contributed by atoms with E-state index in [1.165, 1.54) is 48.7 Å². The van der Waals surface area contributed by atoms with Crippen molar-refractivity contribution in [1.29, 1.82) is 0 Å². The summed E-state index contributed by atoms with van der Waals surface area (Å²) in [6, 6.07) is 18.2. The molecule has 0 aromatic heterocycles. The Morgan fingerprint density at radius 3 is 2.36 bits per heavy atom. The van der Waals surface area contributed by atoms with Crippen LogP contribution < -0.4 is 10.7 Å². The Morgan fingerprint density at radius 1 is 0.893 bits per heavy atom. The van der Waals surface area contributed by atoms with E-state index in [0.717, 1.165) is 0 Å². The molecule has 0 atom stereocenters. The van der Waals surface area contributed by atoms with Crippen LogP contribution in [0.2, 0.25) is 0 Å². The summed E-state index contributed by atoms with van der Waals surface area (Å²) in [5.74, 6) is -1.79. The third kappa shape index (κ3) is 4.59. The normalized spacial score (nSPS) is 10.6. The van der Waals surface area contributed by atoms with Crippen LogP contribution >= 0.6 is 0 Å². The zero-order chi connectivity index (χ0) is 19.9. The van der Waals surface area contributed by atoms with Crippen LogP contribution in [0.15, 0.2) is 77.9 Å². The van der Waals surface area contributed by atoms with E-state index in [-0.39, 0.29) is 22.6 Å². The minimum Gasteiger partial charge on any atom is -0.508 e. The van der Waals surface area contributed by atoms with Gasteiger partial charge in [-0.1, -0.05) is 36.4 Å². The van der Waals surface area contributed by atoms with Gasteiger partial charge in [0.05, 0.1) is 23.0 Å². The van der Waals surface area contributed by atoms with Crippen LogP contribution in [-0.4, -0.2) is 23.1 Å². The number of carbonyl (C=O) groups is 2. The molecule has 140 valence electrons. The summed E-state index contributed by atoms with van der Waals surface area (Å²) < 4.78 is 13.8. The van der Waals surface area contributed by atoms with Gasteiger partial charge in [-0.15, -0.1) is 0 Å². The standard InChI is InChI=1S/C21H16FN3O3/c22-18-10-3-1-8-16(18)20(27)24-19-11-4-2-9-17(19)21(28)25-23-13-14-6-5-7-15(26)12-14/h1-13,26H,(H,24,27)(H,25,28). The number of halogens is 1. The van der Waals surface area contributed by atoms with Crippen LogP contribution in [0.3, 0.4) is 0 Å². The number of hydrogen-bond donors (Lipinski definition) is 3. The molecule has 3 rings (SSSR count). The number of benzene rings is 3. The van der Waals surface area contributed by atoms with Gasteiger partial charge < -0.3 is 10.4 Å². The lowest BCUT2D eigenvalue weighted by Gasteiger charge is -2.10. The third-order valence-electron chi connectivity index (χ3n) is 3.79. The number of aromatic hydroxyl groups is 1. The minimum atomic E-state index is -0.665. The van der Waals surface area contributed by atoms with Crippen molar-refractivity contribution in [2.45, 2.75) is 0 Å². The first-order valence-electron chi connectivity index (χ1n) is 8.32. The maximum absolute atomic E-state index is 13.8. The fraction of sp³-hybridized carbons (Fsp3) is 0. The quantitative estimate of drug-likeness (QED) is 0.469. The van der Waals surface area contributed by atoms with Crippen LogP contribution in [0.4, 0.5) is 10.1 Å². The molecule has 0 fully saturated rings. The van der Waals surface area contributed by atoms with Gasteiger partial charge in [0, 0.05) is 0 Å². The van der Waals surface area contributed by atoms with E-state index in [4.69, 9.17) is 0 Å². The summed E-state index contributed by atoms with van der Waals surface area (Å²) in [7, 11) is 0. The maximum Gasteiger partial charge on any atom is 0.273 e. The number of carbonyl (C=O) groups excluding carboxylic acids is 2. The second-order valence-electron chi connectivity index (χ2n) is 5.77. The van der Waals surface area contributed by atoms with E-state index in [1.54, 1.807) is 30.3 Å². The number of nitrogens with zero attached hydrogens (tertiary/aromatic N) is 1. The molecule has 3 aromatic carbocycles. The third-order valence-corrected chi connectivity index (χ3v) is 3.79. The van der Waals surface area contributed by atoms with Gasteiger partial charge in [-0.2, -0.15) is 5.10 Å². The molecular weight excluding hydrogens is 361 g/mol. The molecule has 0 saturated heterocycles. The van der Waals surface area contributed by atoms with Crippen LogP contribution in [0.25, 0.3) is 0 Å². The first-order valence-corrected chi connectivity index (χ1v) is 8.32. The molecule has 28 heavy (non-hydrogen) atoms. The van der Waals surface area contributed by atoms with Crippen molar-refractivity contribution in [3.63, 3.8) is 0 Å². The Balaban J connectivity index is 1.73. The number of nitrogens with one attached hydrogen (secondary N) is 2. The number of para-hydroxylation sites is 1. The van der Waals surface area contributed by atoms with Crippen molar-refractivity contribution < 1.29 is 19.1 Å². The zero-order valence-corrected chi connectivity index (χ0v) is 14.6. The molecule has 0 aliphatic heterocycles. The number of phenols is 1. The average Bonchev–Trinajstić information content (AvgIpc) is 2.68. The monoisotopic (exact) mass is 377 g/mol. The smallest absolute Gasteiger partial charge is 0.273 e. The number of phenolic OH excluding ortho intramolecular Hbond substituents is 1. The van der Waals surface area contributed by atoms with E-state index in [1.807, 2.05) is 0 Å². The Hall–Kier alpha value is -4.00. The number of amides is 2. The van der Waals surface area contributed by atoms with Crippen molar-refractivity contribution in [2.75, 3.05) is 5.32 Å². The molecule has 0 heterocycles. The molecule has 2 amide bonds. The lowest BCUT2D eigenvalue weighted by atomic mass is 10.1. The molecule has 0 aliphatic rings. The first kappa shape index (κ1) is 18.8. The molecular formula is C21H16FN3O3. The van der Waals surface area contributed by atoms with Crippen molar-refractivity contribution in [3.05, 3.63) is 95.3 Å². The lowest BCUT2D eigenvalue weighted by molar-refractivity contribution is 0.0956. The molecule has 3 aromatic rings. The second kappa shape index (κ2) is 8.59. The topological polar surface area (TPSA) is 90.8 Å². The molecule has 0 spiro atoms. The Morgan fingerprint density at radius 2 is 1.61 bits per heavy atom. The molecule has 7 heteroatoms. The number of rotatable bonds is 5. The van der Waals surface area contributed by atoms with Crippen molar-refractivity contribution in [3.8, 4) is 5.75 Å². The maximum atomic E-state index is 13.8. The molecule has 0 unspecified atom stereocenters. The molecule has 0 aliphatic carbocycles. The summed E-state index contributed by atoms with van der Waals surface area (Å²) in [5, 5.41) is 15.8. The highest BCUT2D eigenvalue weighted by Gasteiger charge is 2.15. The fourth-order valence-electron chi connectivity index (χ4n) is 2.46. The van der Waals surface area contributed by atoms with E-state index in [2.05, 4.69) is 15.8 Å². The van der Waals surface area contributed by atoms with Crippen LogP contribution in [0, 0.1) is 5.82 Å². The van der Waals surface area contributed by atoms with Crippen molar-refractivity contribution in [2.24, 2.45) is 5.10 Å². The number of hydrogen-bond acceptors (Lipinski definition) is 4. The number of hydrazone groups is 1. The molecule has 3 N–H and O–H groups in total. The van der Waals surface area contributed by atoms with Gasteiger partial charge in [0.1, 0.15) is 11.6 Å². The molecule has 0 saturated carbocycles. The van der Waals surface area contributed by atoms with Gasteiger partial charge in [0.15, 0.2) is 0 Å². The Bertz CT molecular complexity index is 1050. The molecule has 0 bridgehead atoms. The van der Waals surface area contributed by atoms with E-state index >= 15 is 0 Å². The zero-order valence-electron chi connectivity index (χ0n) is 14.6. The first-order chi connectivity index (χ1) is 13.5. The van der Waals surface area contributed by atoms with Gasteiger partial charge in [-0.05, 0) is 42.0 Å². The SMILES string of the molecule is O=C(Nc1ccccc1C(=O)NN=Cc1cccc(O)c1)c1ccccc1F. The summed E-state index contributed by atoms with van der Waals surface area (Å²) in [5.41, 5.74) is 3.22. The minimum absolute atomic E-state index is 0.0801. The van der Waals surface area contributed by atoms with E-state index in [9.17, 15) is 19.1 Å². The predicted molar refractivity (Wildman–Crippen MR) is 104 cm³/mol. The van der Waals surface area contributed by atoms with Gasteiger partial charge in [-0.3, -0.25) is 9.59 Å². The van der Waals surface area contributed by atoms with Gasteiger partial charge in [0.2, 0.25) is 0 Å². The van der Waals surface area contributed by atoms with Crippen LogP contribution in [0.1, 0.15) is 26.3 Å². The lowest BCUT2D eigenvalue weighted by Crippen LogP contribution is -2.21. The molecule has 6 nitrogen and oxygen atoms in total. The summed E-state index contributed by atoms with van der Waals surface area (Å²) >= 11 is 0. The Kier molecular flexibility index (Phi) is 5.76. The largest absolute Gasteiger partial charge is 0.508 e. The summed E-state index contributed by atoms with van der Waals surface area (Å²) in [4.78, 5) is 24.7. The highest BCUT2D eigenvalue weighted by molar-refractivity contribution is 6.09.